The highest BCUT2D eigenvalue weighted by Gasteiger charge is 2.28. The zero-order valence-corrected chi connectivity index (χ0v) is 18.0. The number of guanidine groups is 1. The highest BCUT2D eigenvalue weighted by molar-refractivity contribution is 14.0. The van der Waals surface area contributed by atoms with Gasteiger partial charge in [0.15, 0.2) is 5.96 Å². The van der Waals surface area contributed by atoms with Gasteiger partial charge < -0.3 is 15.5 Å². The minimum atomic E-state index is -0.328. The molecule has 1 heterocycles. The Bertz CT molecular complexity index is 595. The fourth-order valence-corrected chi connectivity index (χ4v) is 3.61. The molecule has 8 heteroatoms. The number of nitrogens with one attached hydrogen (secondary N) is 2. The van der Waals surface area contributed by atoms with Crippen molar-refractivity contribution in [3.05, 3.63) is 30.1 Å². The Morgan fingerprint density at radius 2 is 2.04 bits per heavy atom. The monoisotopic (exact) mass is 480 g/mol. The second-order valence-corrected chi connectivity index (χ2v) is 8.06. The van der Waals surface area contributed by atoms with Crippen LogP contribution in [0.1, 0.15) is 20.8 Å². The van der Waals surface area contributed by atoms with Gasteiger partial charge >= 0.3 is 0 Å². The Hall–Kier alpha value is -1.03. The molecule has 1 aliphatic rings. The number of aliphatic imine (C=N–C) groups is 1. The summed E-state index contributed by atoms with van der Waals surface area (Å²) in [6, 6.07) is 5.70. The van der Waals surface area contributed by atoms with Crippen LogP contribution >= 0.6 is 35.7 Å². The molecule has 2 N–H and O–H groups in total. The maximum atomic E-state index is 12.9. The molecule has 140 valence electrons. The Morgan fingerprint density at radius 3 is 2.64 bits per heavy atom. The Labute approximate surface area is 170 Å². The van der Waals surface area contributed by atoms with E-state index >= 15 is 0 Å². The van der Waals surface area contributed by atoms with Gasteiger partial charge in [-0.2, -0.15) is 11.8 Å². The van der Waals surface area contributed by atoms with E-state index in [-0.39, 0.29) is 47.0 Å². The van der Waals surface area contributed by atoms with Crippen molar-refractivity contribution in [1.82, 2.24) is 10.2 Å². The van der Waals surface area contributed by atoms with Crippen LogP contribution in [0, 0.1) is 5.82 Å². The number of carbonyl (C=O) groups is 1. The molecule has 1 aromatic carbocycles. The molecule has 0 unspecified atom stereocenters. The lowest BCUT2D eigenvalue weighted by atomic mass is 10.2. The number of rotatable bonds is 4. The first kappa shape index (κ1) is 22.0. The van der Waals surface area contributed by atoms with Crippen LogP contribution in [0.15, 0.2) is 29.3 Å². The lowest BCUT2D eigenvalue weighted by Gasteiger charge is -2.39. The third kappa shape index (κ3) is 7.39. The van der Waals surface area contributed by atoms with Crippen LogP contribution in [0.4, 0.5) is 10.1 Å². The van der Waals surface area contributed by atoms with E-state index in [1.165, 1.54) is 24.3 Å². The van der Waals surface area contributed by atoms with Crippen LogP contribution in [0.5, 0.6) is 0 Å². The number of halogens is 2. The molecule has 1 saturated heterocycles. The smallest absolute Gasteiger partial charge is 0.246 e. The van der Waals surface area contributed by atoms with E-state index in [2.05, 4.69) is 34.4 Å². The number of anilines is 1. The second-order valence-electron chi connectivity index (χ2n) is 6.25. The van der Waals surface area contributed by atoms with Crippen molar-refractivity contribution < 1.29 is 9.18 Å². The number of hydrogen-bond acceptors (Lipinski definition) is 3. The van der Waals surface area contributed by atoms with Gasteiger partial charge in [-0.15, -0.1) is 24.0 Å². The topological polar surface area (TPSA) is 56.7 Å². The fourth-order valence-electron chi connectivity index (χ4n) is 2.50. The van der Waals surface area contributed by atoms with Crippen molar-refractivity contribution in [2.24, 2.45) is 4.99 Å². The third-order valence-corrected chi connectivity index (χ3v) is 4.86. The summed E-state index contributed by atoms with van der Waals surface area (Å²) in [6.45, 7) is 9.04. The van der Waals surface area contributed by atoms with Crippen LogP contribution in [-0.2, 0) is 4.79 Å². The van der Waals surface area contributed by atoms with E-state index in [1.807, 2.05) is 18.7 Å². The summed E-state index contributed by atoms with van der Waals surface area (Å²) in [5.74, 6) is 1.26. The molecule has 0 spiro atoms. The molecular formula is C17H26FIN4OS. The van der Waals surface area contributed by atoms with Gasteiger partial charge in [0, 0.05) is 35.8 Å². The number of carbonyl (C=O) groups excluding carboxylic acids is 1. The SMILES string of the molecule is CCNC(=NCC(=O)Nc1ccc(F)cc1)N1CCSC(C)(C)C1.I. The minimum absolute atomic E-state index is 0. The normalized spacial score (nSPS) is 16.8. The molecule has 0 saturated carbocycles. The molecule has 5 nitrogen and oxygen atoms in total. The number of thioether (sulfide) groups is 1. The highest BCUT2D eigenvalue weighted by Crippen LogP contribution is 2.29. The highest BCUT2D eigenvalue weighted by atomic mass is 127. The van der Waals surface area contributed by atoms with E-state index in [0.717, 1.165) is 31.3 Å². The summed E-state index contributed by atoms with van der Waals surface area (Å²) in [7, 11) is 0. The summed E-state index contributed by atoms with van der Waals surface area (Å²) in [4.78, 5) is 18.7. The average Bonchev–Trinajstić information content (AvgIpc) is 2.52. The molecular weight excluding hydrogens is 454 g/mol. The summed E-state index contributed by atoms with van der Waals surface area (Å²) >= 11 is 1.95. The number of benzene rings is 1. The third-order valence-electron chi connectivity index (χ3n) is 3.56. The maximum Gasteiger partial charge on any atom is 0.246 e. The van der Waals surface area contributed by atoms with Gasteiger partial charge in [0.05, 0.1) is 0 Å². The largest absolute Gasteiger partial charge is 0.357 e. The van der Waals surface area contributed by atoms with Gasteiger partial charge in [-0.25, -0.2) is 9.38 Å². The summed E-state index contributed by atoms with van der Waals surface area (Å²) in [6.07, 6.45) is 0. The van der Waals surface area contributed by atoms with E-state index in [4.69, 9.17) is 0 Å². The van der Waals surface area contributed by atoms with Gasteiger partial charge in [0.25, 0.3) is 0 Å². The van der Waals surface area contributed by atoms with Crippen LogP contribution in [0.2, 0.25) is 0 Å². The molecule has 1 fully saturated rings. The van der Waals surface area contributed by atoms with E-state index < -0.39 is 0 Å². The molecule has 25 heavy (non-hydrogen) atoms. The van der Waals surface area contributed by atoms with Crippen molar-refractivity contribution in [3.8, 4) is 0 Å². The number of amides is 1. The first-order valence-electron chi connectivity index (χ1n) is 8.12. The predicted molar refractivity (Wildman–Crippen MR) is 115 cm³/mol. The fraction of sp³-hybridized carbons (Fsp3) is 0.529. The predicted octanol–water partition coefficient (Wildman–Crippen LogP) is 3.18. The average molecular weight is 480 g/mol. The number of nitrogens with zero attached hydrogens (tertiary/aromatic N) is 2. The molecule has 0 aliphatic carbocycles. The van der Waals surface area contributed by atoms with Crippen molar-refractivity contribution in [1.29, 1.82) is 0 Å². The molecule has 1 aliphatic heterocycles. The van der Waals surface area contributed by atoms with Gasteiger partial charge in [0.1, 0.15) is 12.4 Å². The molecule has 1 amide bonds. The van der Waals surface area contributed by atoms with Gasteiger partial charge in [0.2, 0.25) is 5.91 Å². The number of hydrogen-bond donors (Lipinski definition) is 2. The van der Waals surface area contributed by atoms with Crippen LogP contribution in [-0.4, -0.2) is 53.4 Å². The summed E-state index contributed by atoms with van der Waals surface area (Å²) in [5, 5.41) is 5.98. The van der Waals surface area contributed by atoms with Gasteiger partial charge in [-0.1, -0.05) is 0 Å². The maximum absolute atomic E-state index is 12.9. The van der Waals surface area contributed by atoms with Crippen LogP contribution in [0.25, 0.3) is 0 Å². The Kier molecular flexibility index (Phi) is 8.98. The first-order valence-corrected chi connectivity index (χ1v) is 9.11. The Morgan fingerprint density at radius 1 is 1.36 bits per heavy atom. The minimum Gasteiger partial charge on any atom is -0.357 e. The quantitative estimate of drug-likeness (QED) is 0.395. The van der Waals surface area contributed by atoms with Crippen LogP contribution < -0.4 is 10.6 Å². The van der Waals surface area contributed by atoms with Crippen molar-refractivity contribution >= 4 is 53.3 Å². The standard InChI is InChI=1S/C17H25FN4OS.HI/c1-4-19-16(22-9-10-24-17(2,3)12-22)20-11-15(23)21-14-7-5-13(18)6-8-14;/h5-8H,4,9-12H2,1-3H3,(H,19,20)(H,21,23);1H. The van der Waals surface area contributed by atoms with Crippen molar-refractivity contribution in [3.63, 3.8) is 0 Å². The van der Waals surface area contributed by atoms with E-state index in [1.54, 1.807) is 0 Å². The first-order chi connectivity index (χ1) is 11.4. The molecule has 0 aromatic heterocycles. The molecule has 0 bridgehead atoms. The lowest BCUT2D eigenvalue weighted by Crippen LogP contribution is -2.51. The van der Waals surface area contributed by atoms with Crippen molar-refractivity contribution in [2.75, 3.05) is 37.2 Å². The summed E-state index contributed by atoms with van der Waals surface area (Å²) < 4.78 is 13.1. The molecule has 2 rings (SSSR count). The van der Waals surface area contributed by atoms with E-state index in [0.29, 0.717) is 5.69 Å². The molecule has 0 atom stereocenters. The zero-order chi connectivity index (χ0) is 17.6. The van der Waals surface area contributed by atoms with Crippen LogP contribution in [0.3, 0.4) is 0 Å². The Balaban J connectivity index is 0.00000312. The van der Waals surface area contributed by atoms with E-state index in [9.17, 15) is 9.18 Å². The summed E-state index contributed by atoms with van der Waals surface area (Å²) in [5.41, 5.74) is 0.567. The van der Waals surface area contributed by atoms with Gasteiger partial charge in [-0.05, 0) is 45.0 Å². The van der Waals surface area contributed by atoms with Gasteiger partial charge in [-0.3, -0.25) is 4.79 Å². The second kappa shape index (κ2) is 10.2. The zero-order valence-electron chi connectivity index (χ0n) is 14.8. The van der Waals surface area contributed by atoms with Crippen molar-refractivity contribution in [2.45, 2.75) is 25.5 Å². The molecule has 0 radical (unpaired) electrons. The molecule has 1 aromatic rings. The lowest BCUT2D eigenvalue weighted by molar-refractivity contribution is -0.114.